The summed E-state index contributed by atoms with van der Waals surface area (Å²) in [5, 5.41) is 1.96. The SMILES string of the molecule is C=CCN1c2cccnc2-n2cccc2C12CCN(C(=O)c1cccs1)C2. The van der Waals surface area contributed by atoms with Gasteiger partial charge in [-0.05, 0) is 42.1 Å². The van der Waals surface area contributed by atoms with Gasteiger partial charge in [-0.2, -0.15) is 0 Å². The lowest BCUT2D eigenvalue weighted by atomic mass is 9.89. The zero-order chi connectivity index (χ0) is 18.4. The van der Waals surface area contributed by atoms with Crippen molar-refractivity contribution in [3.63, 3.8) is 0 Å². The molecule has 0 bridgehead atoms. The Labute approximate surface area is 162 Å². The fourth-order valence-electron chi connectivity index (χ4n) is 4.45. The Morgan fingerprint density at radius 2 is 2.22 bits per heavy atom. The highest BCUT2D eigenvalue weighted by atomic mass is 32.1. The number of fused-ring (bicyclic) bond motifs is 4. The van der Waals surface area contributed by atoms with Crippen molar-refractivity contribution in [3.05, 3.63) is 77.4 Å². The van der Waals surface area contributed by atoms with E-state index in [1.807, 2.05) is 40.8 Å². The molecule has 5 rings (SSSR count). The number of hydrogen-bond acceptors (Lipinski definition) is 4. The van der Waals surface area contributed by atoms with Gasteiger partial charge in [0.25, 0.3) is 5.91 Å². The van der Waals surface area contributed by atoms with E-state index in [-0.39, 0.29) is 11.4 Å². The quantitative estimate of drug-likeness (QED) is 0.655. The third-order valence-corrected chi connectivity index (χ3v) is 6.46. The molecule has 136 valence electrons. The van der Waals surface area contributed by atoms with E-state index >= 15 is 0 Å². The maximum atomic E-state index is 13.0. The van der Waals surface area contributed by atoms with Crippen LogP contribution in [0.3, 0.4) is 0 Å². The van der Waals surface area contributed by atoms with Crippen LogP contribution < -0.4 is 4.90 Å². The highest BCUT2D eigenvalue weighted by molar-refractivity contribution is 7.12. The molecule has 5 heterocycles. The Hall–Kier alpha value is -2.86. The number of aromatic nitrogens is 2. The molecule has 0 saturated carbocycles. The summed E-state index contributed by atoms with van der Waals surface area (Å²) in [4.78, 5) is 22.8. The Morgan fingerprint density at radius 1 is 1.30 bits per heavy atom. The second-order valence-electron chi connectivity index (χ2n) is 6.99. The van der Waals surface area contributed by atoms with E-state index in [1.165, 1.54) is 17.0 Å². The smallest absolute Gasteiger partial charge is 0.264 e. The van der Waals surface area contributed by atoms with E-state index in [0.29, 0.717) is 13.1 Å². The van der Waals surface area contributed by atoms with Crippen molar-refractivity contribution in [2.75, 3.05) is 24.5 Å². The molecule has 3 aromatic rings. The molecule has 0 aliphatic carbocycles. The van der Waals surface area contributed by atoms with Crippen molar-refractivity contribution in [2.45, 2.75) is 12.0 Å². The number of carbonyl (C=O) groups excluding carboxylic acids is 1. The van der Waals surface area contributed by atoms with Crippen molar-refractivity contribution >= 4 is 22.9 Å². The van der Waals surface area contributed by atoms with Crippen molar-refractivity contribution in [1.82, 2.24) is 14.5 Å². The van der Waals surface area contributed by atoms with Crippen molar-refractivity contribution in [1.29, 1.82) is 0 Å². The third-order valence-electron chi connectivity index (χ3n) is 5.61. The van der Waals surface area contributed by atoms with Gasteiger partial charge in [-0.15, -0.1) is 17.9 Å². The molecule has 2 aliphatic rings. The van der Waals surface area contributed by atoms with Gasteiger partial charge in [-0.25, -0.2) is 4.98 Å². The molecule has 1 spiro atoms. The lowest BCUT2D eigenvalue weighted by Gasteiger charge is -2.46. The summed E-state index contributed by atoms with van der Waals surface area (Å²) < 4.78 is 2.17. The minimum Gasteiger partial charge on any atom is -0.352 e. The molecule has 2 aliphatic heterocycles. The molecule has 1 atom stereocenters. The lowest BCUT2D eigenvalue weighted by Crippen LogP contribution is -2.52. The number of pyridine rings is 1. The second kappa shape index (κ2) is 6.09. The summed E-state index contributed by atoms with van der Waals surface area (Å²) in [6.45, 7) is 6.09. The second-order valence-corrected chi connectivity index (χ2v) is 7.94. The number of carbonyl (C=O) groups is 1. The maximum Gasteiger partial charge on any atom is 0.264 e. The van der Waals surface area contributed by atoms with E-state index in [9.17, 15) is 4.79 Å². The minimum absolute atomic E-state index is 0.121. The molecule has 0 radical (unpaired) electrons. The number of likely N-dealkylation sites (tertiary alicyclic amines) is 1. The van der Waals surface area contributed by atoms with Crippen LogP contribution in [0.15, 0.2) is 66.8 Å². The standard InChI is InChI=1S/C21H20N4OS/c1-2-11-25-16-6-3-10-22-19(16)24-12-4-8-18(24)21(25)9-13-23(15-21)20(26)17-7-5-14-27-17/h2-8,10,12,14H,1,9,11,13,15H2. The number of hydrogen-bond donors (Lipinski definition) is 0. The highest BCUT2D eigenvalue weighted by Gasteiger charge is 2.50. The number of amides is 1. The van der Waals surface area contributed by atoms with Crippen LogP contribution in [-0.2, 0) is 5.54 Å². The summed E-state index contributed by atoms with van der Waals surface area (Å²) in [5.41, 5.74) is 2.02. The molecule has 5 nitrogen and oxygen atoms in total. The molecule has 1 fully saturated rings. The van der Waals surface area contributed by atoms with Crippen LogP contribution in [0.5, 0.6) is 0 Å². The predicted molar refractivity (Wildman–Crippen MR) is 108 cm³/mol. The first-order chi connectivity index (χ1) is 13.2. The monoisotopic (exact) mass is 376 g/mol. The van der Waals surface area contributed by atoms with E-state index in [4.69, 9.17) is 0 Å². The van der Waals surface area contributed by atoms with E-state index < -0.39 is 0 Å². The molecular weight excluding hydrogens is 356 g/mol. The van der Waals surface area contributed by atoms with Gasteiger partial charge in [0.15, 0.2) is 5.82 Å². The average molecular weight is 376 g/mol. The first-order valence-electron chi connectivity index (χ1n) is 9.09. The number of nitrogens with zero attached hydrogens (tertiary/aromatic N) is 4. The van der Waals surface area contributed by atoms with Gasteiger partial charge in [-0.3, -0.25) is 4.79 Å². The fraction of sp³-hybridized carbons (Fsp3) is 0.238. The van der Waals surface area contributed by atoms with Crippen LogP contribution in [0, 0.1) is 0 Å². The zero-order valence-electron chi connectivity index (χ0n) is 14.9. The first kappa shape index (κ1) is 16.3. The van der Waals surface area contributed by atoms with Gasteiger partial charge in [0.1, 0.15) is 5.54 Å². The molecule has 27 heavy (non-hydrogen) atoms. The zero-order valence-corrected chi connectivity index (χ0v) is 15.7. The molecule has 1 unspecified atom stereocenters. The van der Waals surface area contributed by atoms with Gasteiger partial charge >= 0.3 is 0 Å². The van der Waals surface area contributed by atoms with Crippen LogP contribution in [0.1, 0.15) is 21.8 Å². The number of anilines is 1. The molecule has 1 amide bonds. The average Bonchev–Trinajstić information content (AvgIpc) is 3.46. The summed E-state index contributed by atoms with van der Waals surface area (Å²) in [7, 11) is 0. The summed E-state index contributed by atoms with van der Waals surface area (Å²) in [6, 6.07) is 12.1. The Bertz CT molecular complexity index is 1010. The Kier molecular flexibility index (Phi) is 3.68. The van der Waals surface area contributed by atoms with Gasteiger partial charge in [-0.1, -0.05) is 12.1 Å². The van der Waals surface area contributed by atoms with Crippen molar-refractivity contribution in [2.24, 2.45) is 0 Å². The summed E-state index contributed by atoms with van der Waals surface area (Å²) in [5.74, 6) is 1.06. The highest BCUT2D eigenvalue weighted by Crippen LogP contribution is 2.47. The maximum absolute atomic E-state index is 13.0. The third kappa shape index (κ3) is 2.29. The van der Waals surface area contributed by atoms with Crippen LogP contribution in [0.4, 0.5) is 5.69 Å². The molecule has 0 aromatic carbocycles. The van der Waals surface area contributed by atoms with Gasteiger partial charge in [0, 0.05) is 32.0 Å². The lowest BCUT2D eigenvalue weighted by molar-refractivity contribution is 0.0787. The first-order valence-corrected chi connectivity index (χ1v) is 9.97. The molecule has 1 saturated heterocycles. The molecule has 3 aromatic heterocycles. The van der Waals surface area contributed by atoms with Crippen LogP contribution in [0.2, 0.25) is 0 Å². The largest absolute Gasteiger partial charge is 0.352 e. The van der Waals surface area contributed by atoms with E-state index in [1.54, 1.807) is 0 Å². The Balaban J connectivity index is 1.61. The Morgan fingerprint density at radius 3 is 3.04 bits per heavy atom. The minimum atomic E-state index is -0.263. The molecular formula is C21H20N4OS. The van der Waals surface area contributed by atoms with Gasteiger partial charge < -0.3 is 14.4 Å². The topological polar surface area (TPSA) is 41.4 Å². The summed E-state index contributed by atoms with van der Waals surface area (Å²) in [6.07, 6.45) is 6.71. The number of rotatable bonds is 3. The number of thiophene rings is 1. The molecule has 6 heteroatoms. The van der Waals surface area contributed by atoms with Crippen LogP contribution in [-0.4, -0.2) is 40.0 Å². The van der Waals surface area contributed by atoms with Crippen molar-refractivity contribution < 1.29 is 4.79 Å². The van der Waals surface area contributed by atoms with E-state index in [2.05, 4.69) is 45.4 Å². The van der Waals surface area contributed by atoms with Crippen LogP contribution >= 0.6 is 11.3 Å². The summed E-state index contributed by atoms with van der Waals surface area (Å²) >= 11 is 1.50. The molecule has 0 N–H and O–H groups in total. The predicted octanol–water partition coefficient (Wildman–Crippen LogP) is 3.68. The van der Waals surface area contributed by atoms with Crippen LogP contribution in [0.25, 0.3) is 5.82 Å². The fourth-order valence-corrected chi connectivity index (χ4v) is 5.14. The van der Waals surface area contributed by atoms with Gasteiger partial charge in [0.05, 0.1) is 16.3 Å². The van der Waals surface area contributed by atoms with Gasteiger partial charge in [0.2, 0.25) is 0 Å². The van der Waals surface area contributed by atoms with Crippen molar-refractivity contribution in [3.8, 4) is 5.82 Å². The van der Waals surface area contributed by atoms with E-state index in [0.717, 1.165) is 29.3 Å². The normalized spacial score (nSPS) is 20.6.